The van der Waals surface area contributed by atoms with Crippen molar-refractivity contribution in [1.82, 2.24) is 5.43 Å². The van der Waals surface area contributed by atoms with E-state index in [2.05, 4.69) is 10.5 Å². The number of aromatic hydroxyl groups is 1. The van der Waals surface area contributed by atoms with Gasteiger partial charge < -0.3 is 5.11 Å². The second-order valence-electron chi connectivity index (χ2n) is 5.11. The molecule has 0 fully saturated rings. The van der Waals surface area contributed by atoms with Crippen molar-refractivity contribution in [2.24, 2.45) is 11.0 Å². The van der Waals surface area contributed by atoms with Gasteiger partial charge in [-0.3, -0.25) is 4.79 Å². The third kappa shape index (κ3) is 3.35. The molecular weight excluding hydrogens is 252 g/mol. The minimum absolute atomic E-state index is 0.129. The van der Waals surface area contributed by atoms with Crippen molar-refractivity contribution >= 4 is 22.9 Å². The molecule has 4 nitrogen and oxygen atoms in total. The van der Waals surface area contributed by atoms with Gasteiger partial charge in [0.05, 0.1) is 6.21 Å². The molecule has 0 spiro atoms. The number of carbonyl (C=O) groups excluding carboxylic acids is 1. The molecule has 4 heteroatoms. The van der Waals surface area contributed by atoms with Gasteiger partial charge in [-0.25, -0.2) is 5.43 Å². The van der Waals surface area contributed by atoms with Gasteiger partial charge in [0.2, 0.25) is 5.91 Å². The fraction of sp³-hybridized carbons (Fsp3) is 0.250. The Morgan fingerprint density at radius 3 is 2.80 bits per heavy atom. The Hall–Kier alpha value is -2.36. The monoisotopic (exact) mass is 270 g/mol. The van der Waals surface area contributed by atoms with Crippen LogP contribution >= 0.6 is 0 Å². The molecule has 0 aliphatic carbocycles. The first-order valence-corrected chi connectivity index (χ1v) is 6.60. The molecule has 2 aromatic carbocycles. The fourth-order valence-electron chi connectivity index (χ4n) is 2.01. The average molecular weight is 270 g/mol. The highest BCUT2D eigenvalue weighted by molar-refractivity contribution is 6.02. The first kappa shape index (κ1) is 14.1. The Labute approximate surface area is 118 Å². The first-order valence-electron chi connectivity index (χ1n) is 6.60. The number of amides is 1. The lowest BCUT2D eigenvalue weighted by atomic mass is 10.0. The smallest absolute Gasteiger partial charge is 0.240 e. The van der Waals surface area contributed by atoms with Crippen LogP contribution in [0.3, 0.4) is 0 Å². The maximum atomic E-state index is 11.5. The third-order valence-electron chi connectivity index (χ3n) is 2.92. The minimum atomic E-state index is -0.129. The summed E-state index contributed by atoms with van der Waals surface area (Å²) >= 11 is 0. The standard InChI is InChI=1S/C16H18N2O2/c1-11(2)9-16(20)18-17-10-14-13-6-4-3-5-12(13)7-8-15(14)19/h3-8,10-11,19H,9H2,1-2H3,(H,18,20)/b17-10+. The summed E-state index contributed by atoms with van der Waals surface area (Å²) in [6.07, 6.45) is 1.91. The second kappa shape index (κ2) is 6.19. The van der Waals surface area contributed by atoms with E-state index in [1.54, 1.807) is 6.07 Å². The van der Waals surface area contributed by atoms with Gasteiger partial charge in [0, 0.05) is 12.0 Å². The molecule has 0 unspecified atom stereocenters. The van der Waals surface area contributed by atoms with Crippen LogP contribution < -0.4 is 5.43 Å². The predicted molar refractivity (Wildman–Crippen MR) is 80.8 cm³/mol. The first-order chi connectivity index (χ1) is 9.58. The van der Waals surface area contributed by atoms with Crippen LogP contribution in [0, 0.1) is 5.92 Å². The summed E-state index contributed by atoms with van der Waals surface area (Å²) in [6, 6.07) is 11.2. The van der Waals surface area contributed by atoms with Crippen molar-refractivity contribution in [3.63, 3.8) is 0 Å². The molecule has 0 aromatic heterocycles. The van der Waals surface area contributed by atoms with Crippen molar-refractivity contribution in [2.45, 2.75) is 20.3 Å². The van der Waals surface area contributed by atoms with E-state index >= 15 is 0 Å². The van der Waals surface area contributed by atoms with E-state index in [9.17, 15) is 9.90 Å². The van der Waals surface area contributed by atoms with E-state index in [-0.39, 0.29) is 17.6 Å². The van der Waals surface area contributed by atoms with Gasteiger partial charge in [-0.1, -0.05) is 44.2 Å². The summed E-state index contributed by atoms with van der Waals surface area (Å²) in [5.41, 5.74) is 3.08. The Kier molecular flexibility index (Phi) is 4.35. The highest BCUT2D eigenvalue weighted by Crippen LogP contribution is 2.25. The number of benzene rings is 2. The van der Waals surface area contributed by atoms with Gasteiger partial charge in [-0.05, 0) is 22.8 Å². The summed E-state index contributed by atoms with van der Waals surface area (Å²) in [4.78, 5) is 11.5. The molecule has 2 N–H and O–H groups in total. The summed E-state index contributed by atoms with van der Waals surface area (Å²) in [5.74, 6) is 0.303. The van der Waals surface area contributed by atoms with Crippen molar-refractivity contribution in [2.75, 3.05) is 0 Å². The third-order valence-corrected chi connectivity index (χ3v) is 2.92. The second-order valence-corrected chi connectivity index (χ2v) is 5.11. The number of hydrazone groups is 1. The molecule has 2 rings (SSSR count). The van der Waals surface area contributed by atoms with Crippen molar-refractivity contribution in [3.8, 4) is 5.75 Å². The number of hydrogen-bond donors (Lipinski definition) is 2. The Morgan fingerprint density at radius 1 is 1.30 bits per heavy atom. The van der Waals surface area contributed by atoms with E-state index in [0.717, 1.165) is 10.8 Å². The van der Waals surface area contributed by atoms with Crippen molar-refractivity contribution < 1.29 is 9.90 Å². The summed E-state index contributed by atoms with van der Waals surface area (Å²) < 4.78 is 0. The van der Waals surface area contributed by atoms with Crippen LogP contribution in [0.1, 0.15) is 25.8 Å². The quantitative estimate of drug-likeness (QED) is 0.662. The molecule has 2 aromatic rings. The molecular formula is C16H18N2O2. The van der Waals surface area contributed by atoms with Gasteiger partial charge in [0.25, 0.3) is 0 Å². The molecule has 0 bridgehead atoms. The van der Waals surface area contributed by atoms with E-state index in [0.29, 0.717) is 12.0 Å². The van der Waals surface area contributed by atoms with E-state index in [1.807, 2.05) is 44.2 Å². The van der Waals surface area contributed by atoms with Crippen LogP contribution in [-0.2, 0) is 4.79 Å². The molecule has 104 valence electrons. The lowest BCUT2D eigenvalue weighted by Crippen LogP contribution is -2.19. The molecule has 0 heterocycles. The topological polar surface area (TPSA) is 61.7 Å². The SMILES string of the molecule is CC(C)CC(=O)N/N=C/c1c(O)ccc2ccccc12. The van der Waals surface area contributed by atoms with Crippen molar-refractivity contribution in [1.29, 1.82) is 0 Å². The average Bonchev–Trinajstić information content (AvgIpc) is 2.40. The summed E-state index contributed by atoms with van der Waals surface area (Å²) in [5, 5.41) is 15.7. The van der Waals surface area contributed by atoms with Crippen LogP contribution in [0.2, 0.25) is 0 Å². The molecule has 20 heavy (non-hydrogen) atoms. The largest absolute Gasteiger partial charge is 0.507 e. The highest BCUT2D eigenvalue weighted by Gasteiger charge is 2.05. The molecule has 0 radical (unpaired) electrons. The number of nitrogens with one attached hydrogen (secondary N) is 1. The zero-order chi connectivity index (χ0) is 14.5. The normalized spacial score (nSPS) is 11.3. The van der Waals surface area contributed by atoms with Crippen LogP contribution in [0.25, 0.3) is 10.8 Å². The maximum absolute atomic E-state index is 11.5. The maximum Gasteiger partial charge on any atom is 0.240 e. The van der Waals surface area contributed by atoms with E-state index < -0.39 is 0 Å². The van der Waals surface area contributed by atoms with Crippen LogP contribution in [0.5, 0.6) is 5.75 Å². The number of phenols is 1. The number of carbonyl (C=O) groups is 1. The van der Waals surface area contributed by atoms with Gasteiger partial charge in [-0.15, -0.1) is 0 Å². The lowest BCUT2D eigenvalue weighted by Gasteiger charge is -2.05. The minimum Gasteiger partial charge on any atom is -0.507 e. The van der Waals surface area contributed by atoms with Gasteiger partial charge in [0.15, 0.2) is 0 Å². The van der Waals surface area contributed by atoms with Crippen LogP contribution in [0.15, 0.2) is 41.5 Å². The predicted octanol–water partition coefficient (Wildman–Crippen LogP) is 3.04. The number of fused-ring (bicyclic) bond motifs is 1. The number of nitrogens with zero attached hydrogens (tertiary/aromatic N) is 1. The summed E-state index contributed by atoms with van der Waals surface area (Å²) in [6.45, 7) is 3.94. The zero-order valence-corrected chi connectivity index (χ0v) is 11.6. The Bertz CT molecular complexity index is 648. The molecule has 0 saturated carbocycles. The number of phenolic OH excluding ortho intramolecular Hbond substituents is 1. The van der Waals surface area contributed by atoms with Gasteiger partial charge in [-0.2, -0.15) is 5.10 Å². The molecule has 0 aliphatic rings. The van der Waals surface area contributed by atoms with Gasteiger partial charge in [0.1, 0.15) is 5.75 Å². The van der Waals surface area contributed by atoms with E-state index in [1.165, 1.54) is 6.21 Å². The number of rotatable bonds is 4. The highest BCUT2D eigenvalue weighted by atomic mass is 16.3. The number of hydrogen-bond acceptors (Lipinski definition) is 3. The van der Waals surface area contributed by atoms with E-state index in [4.69, 9.17) is 0 Å². The molecule has 0 saturated heterocycles. The Balaban J connectivity index is 2.21. The van der Waals surface area contributed by atoms with Gasteiger partial charge >= 0.3 is 0 Å². The molecule has 0 atom stereocenters. The Morgan fingerprint density at radius 2 is 2.05 bits per heavy atom. The molecule has 1 amide bonds. The zero-order valence-electron chi connectivity index (χ0n) is 11.6. The fourth-order valence-corrected chi connectivity index (χ4v) is 2.01. The van der Waals surface area contributed by atoms with Crippen molar-refractivity contribution in [3.05, 3.63) is 42.0 Å². The molecule has 0 aliphatic heterocycles. The lowest BCUT2D eigenvalue weighted by molar-refractivity contribution is -0.121. The summed E-state index contributed by atoms with van der Waals surface area (Å²) in [7, 11) is 0. The van der Waals surface area contributed by atoms with Crippen LogP contribution in [0.4, 0.5) is 0 Å². The van der Waals surface area contributed by atoms with Crippen LogP contribution in [-0.4, -0.2) is 17.2 Å².